The number of hydrogen-bond acceptors (Lipinski definition) is 4. The number of halogens is 3. The Labute approximate surface area is 149 Å². The monoisotopic (exact) mass is 370 g/mol. The zero-order chi connectivity index (χ0) is 19.6. The largest absolute Gasteiger partial charge is 0.481 e. The fraction of sp³-hybridized carbons (Fsp3) is 0.471. The fourth-order valence-corrected chi connectivity index (χ4v) is 2.75. The van der Waals surface area contributed by atoms with Gasteiger partial charge in [0.1, 0.15) is 17.1 Å². The van der Waals surface area contributed by atoms with Crippen LogP contribution in [-0.2, 0) is 6.18 Å². The van der Waals surface area contributed by atoms with Gasteiger partial charge in [-0.15, -0.1) is 0 Å². The van der Waals surface area contributed by atoms with E-state index in [1.807, 2.05) is 20.8 Å². The van der Waals surface area contributed by atoms with Crippen molar-refractivity contribution in [3.05, 3.63) is 35.2 Å². The lowest BCUT2D eigenvalue weighted by Crippen LogP contribution is -2.43. The van der Waals surface area contributed by atoms with Crippen LogP contribution < -0.4 is 9.64 Å². The van der Waals surface area contributed by atoms with Crippen LogP contribution in [0, 0.1) is 6.92 Å². The minimum Gasteiger partial charge on any atom is -0.481 e. The molecule has 3 rings (SSSR count). The number of methoxy groups -OCH3 is 1. The summed E-state index contributed by atoms with van der Waals surface area (Å²) in [5.41, 5.74) is 0.136. The molecule has 0 bridgehead atoms. The summed E-state index contributed by atoms with van der Waals surface area (Å²) in [6, 6.07) is 1.93. The third-order valence-electron chi connectivity index (χ3n) is 3.91. The van der Waals surface area contributed by atoms with E-state index < -0.39 is 17.6 Å². The molecule has 9 heteroatoms. The van der Waals surface area contributed by atoms with Crippen molar-refractivity contribution in [2.24, 2.45) is 0 Å². The van der Waals surface area contributed by atoms with E-state index in [2.05, 4.69) is 10.1 Å². The zero-order valence-corrected chi connectivity index (χ0v) is 15.3. The van der Waals surface area contributed by atoms with E-state index in [1.54, 1.807) is 17.8 Å². The van der Waals surface area contributed by atoms with Crippen molar-refractivity contribution in [1.82, 2.24) is 14.8 Å². The first kappa shape index (κ1) is 19.7. The quantitative estimate of drug-likeness (QED) is 0.805. The molecule has 1 unspecified atom stereocenters. The maximum atomic E-state index is 12.9. The van der Waals surface area contributed by atoms with Crippen LogP contribution in [0.2, 0.25) is 0 Å². The highest BCUT2D eigenvalue weighted by atomic mass is 19.4. The summed E-state index contributed by atoms with van der Waals surface area (Å²) in [6.45, 7) is 7.89. The van der Waals surface area contributed by atoms with Gasteiger partial charge < -0.3 is 4.74 Å². The van der Waals surface area contributed by atoms with E-state index in [9.17, 15) is 18.0 Å². The second kappa shape index (κ2) is 7.35. The Balaban J connectivity index is 0.00000117. The van der Waals surface area contributed by atoms with Crippen molar-refractivity contribution < 1.29 is 22.7 Å². The van der Waals surface area contributed by atoms with Crippen LogP contribution in [-0.4, -0.2) is 34.3 Å². The summed E-state index contributed by atoms with van der Waals surface area (Å²) < 4.78 is 45.2. The SMILES string of the molecule is CC.COc1nc(N2CC(C)n3ncc(C)c3C2=O)ccc1C(F)(F)F. The van der Waals surface area contributed by atoms with Crippen LogP contribution in [0.5, 0.6) is 5.88 Å². The van der Waals surface area contributed by atoms with Crippen LogP contribution in [0.1, 0.15) is 48.4 Å². The average Bonchev–Trinajstić information content (AvgIpc) is 3.01. The van der Waals surface area contributed by atoms with Gasteiger partial charge in [0, 0.05) is 12.1 Å². The molecule has 0 N–H and O–H groups in total. The van der Waals surface area contributed by atoms with E-state index in [0.717, 1.165) is 13.2 Å². The van der Waals surface area contributed by atoms with Crippen LogP contribution >= 0.6 is 0 Å². The van der Waals surface area contributed by atoms with E-state index in [0.29, 0.717) is 11.3 Å². The van der Waals surface area contributed by atoms with Crippen molar-refractivity contribution in [1.29, 1.82) is 0 Å². The molecule has 0 fully saturated rings. The summed E-state index contributed by atoms with van der Waals surface area (Å²) in [7, 11) is 1.11. The number of anilines is 1. The Morgan fingerprint density at radius 2 is 1.92 bits per heavy atom. The number of carbonyl (C=O) groups is 1. The Hall–Kier alpha value is -2.58. The number of fused-ring (bicyclic) bond motifs is 1. The van der Waals surface area contributed by atoms with Gasteiger partial charge in [0.05, 0.1) is 19.3 Å². The number of amides is 1. The molecule has 26 heavy (non-hydrogen) atoms. The maximum Gasteiger partial charge on any atom is 0.421 e. The van der Waals surface area contributed by atoms with Crippen molar-refractivity contribution in [3.8, 4) is 5.88 Å². The predicted octanol–water partition coefficient (Wildman–Crippen LogP) is 3.86. The second-order valence-electron chi connectivity index (χ2n) is 5.61. The molecule has 2 aromatic heterocycles. The van der Waals surface area contributed by atoms with Gasteiger partial charge in [-0.1, -0.05) is 13.8 Å². The number of aromatic nitrogens is 3. The van der Waals surface area contributed by atoms with Gasteiger partial charge in [0.25, 0.3) is 5.91 Å². The number of aryl methyl sites for hydroxylation is 1. The van der Waals surface area contributed by atoms with Crippen LogP contribution in [0.3, 0.4) is 0 Å². The number of hydrogen-bond donors (Lipinski definition) is 0. The van der Waals surface area contributed by atoms with Gasteiger partial charge in [-0.3, -0.25) is 14.4 Å². The average molecular weight is 370 g/mol. The number of rotatable bonds is 2. The van der Waals surface area contributed by atoms with Crippen LogP contribution in [0.15, 0.2) is 18.3 Å². The topological polar surface area (TPSA) is 60.2 Å². The molecule has 142 valence electrons. The highest BCUT2D eigenvalue weighted by Gasteiger charge is 2.37. The van der Waals surface area contributed by atoms with E-state index in [-0.39, 0.29) is 24.3 Å². The molecule has 2 aromatic rings. The molecule has 1 aliphatic heterocycles. The van der Waals surface area contributed by atoms with E-state index >= 15 is 0 Å². The minimum absolute atomic E-state index is 0.114. The molecule has 0 saturated heterocycles. The first-order valence-corrected chi connectivity index (χ1v) is 8.22. The number of ether oxygens (including phenoxy) is 1. The van der Waals surface area contributed by atoms with E-state index in [4.69, 9.17) is 4.74 Å². The van der Waals surface area contributed by atoms with Crippen molar-refractivity contribution in [3.63, 3.8) is 0 Å². The normalized spacial score (nSPS) is 16.7. The van der Waals surface area contributed by atoms with Gasteiger partial charge in [0.2, 0.25) is 5.88 Å². The fourth-order valence-electron chi connectivity index (χ4n) is 2.75. The van der Waals surface area contributed by atoms with Gasteiger partial charge in [0.15, 0.2) is 0 Å². The predicted molar refractivity (Wildman–Crippen MR) is 90.5 cm³/mol. The second-order valence-corrected chi connectivity index (χ2v) is 5.61. The highest BCUT2D eigenvalue weighted by Crippen LogP contribution is 2.37. The molecular weight excluding hydrogens is 349 g/mol. The van der Waals surface area contributed by atoms with Crippen LogP contribution in [0.4, 0.5) is 19.0 Å². The smallest absolute Gasteiger partial charge is 0.421 e. The van der Waals surface area contributed by atoms with Gasteiger partial charge >= 0.3 is 6.18 Å². The van der Waals surface area contributed by atoms with Gasteiger partial charge in [-0.25, -0.2) is 0 Å². The molecule has 0 radical (unpaired) electrons. The van der Waals surface area contributed by atoms with Gasteiger partial charge in [-0.05, 0) is 26.0 Å². The summed E-state index contributed by atoms with van der Waals surface area (Å²) in [5, 5.41) is 4.17. The van der Waals surface area contributed by atoms with Crippen LogP contribution in [0.25, 0.3) is 0 Å². The summed E-state index contributed by atoms with van der Waals surface area (Å²) in [6.07, 6.45) is -2.99. The lowest BCUT2D eigenvalue weighted by Gasteiger charge is -2.31. The molecular formula is C17H21F3N4O2. The molecule has 1 amide bonds. The first-order chi connectivity index (χ1) is 12.2. The van der Waals surface area contributed by atoms with Crippen molar-refractivity contribution in [2.45, 2.75) is 39.9 Å². The van der Waals surface area contributed by atoms with Crippen molar-refractivity contribution in [2.75, 3.05) is 18.6 Å². The Morgan fingerprint density at radius 3 is 2.50 bits per heavy atom. The maximum absolute atomic E-state index is 12.9. The Kier molecular flexibility index (Phi) is 5.58. The minimum atomic E-state index is -4.58. The number of alkyl halides is 3. The molecule has 0 spiro atoms. The number of carbonyl (C=O) groups excluding carboxylic acids is 1. The van der Waals surface area contributed by atoms with Gasteiger partial charge in [-0.2, -0.15) is 23.3 Å². The molecule has 3 heterocycles. The van der Waals surface area contributed by atoms with Crippen molar-refractivity contribution >= 4 is 11.7 Å². The standard InChI is InChI=1S/C15H15F3N4O2.C2H6/c1-8-6-19-22-9(2)7-21(14(23)12(8)22)11-5-4-10(15(16,17)18)13(20-11)24-3;1-2/h4-6,9H,7H2,1-3H3;1-2H3. The summed E-state index contributed by atoms with van der Waals surface area (Å²) in [4.78, 5) is 17.9. The lowest BCUT2D eigenvalue weighted by atomic mass is 10.1. The summed E-state index contributed by atoms with van der Waals surface area (Å²) in [5.74, 6) is -0.794. The molecule has 0 saturated carbocycles. The third-order valence-corrected chi connectivity index (χ3v) is 3.91. The molecule has 6 nitrogen and oxygen atoms in total. The first-order valence-electron chi connectivity index (χ1n) is 8.22. The summed E-state index contributed by atoms with van der Waals surface area (Å²) >= 11 is 0. The van der Waals surface area contributed by atoms with E-state index in [1.165, 1.54) is 11.0 Å². The number of pyridine rings is 1. The Morgan fingerprint density at radius 1 is 1.27 bits per heavy atom. The third kappa shape index (κ3) is 3.38. The number of nitrogens with zero attached hydrogens (tertiary/aromatic N) is 4. The molecule has 1 aliphatic rings. The highest BCUT2D eigenvalue weighted by molar-refractivity contribution is 6.06. The molecule has 1 atom stereocenters. The molecule has 0 aliphatic carbocycles. The zero-order valence-electron chi connectivity index (χ0n) is 15.3. The lowest BCUT2D eigenvalue weighted by molar-refractivity contribution is -0.139. The molecule has 0 aromatic carbocycles. The Bertz CT molecular complexity index is 802.